The average Bonchev–Trinajstić information content (AvgIpc) is 2.70. The van der Waals surface area contributed by atoms with Crippen LogP contribution in [-0.4, -0.2) is 105 Å². The highest BCUT2D eigenvalue weighted by atomic mass is 16.5. The summed E-state index contributed by atoms with van der Waals surface area (Å²) < 4.78 is 10.6. The number of nitrogens with one attached hydrogen (secondary N) is 2. The maximum atomic E-state index is 12.1. The predicted octanol–water partition coefficient (Wildman–Crippen LogP) is -0.717. The number of morpholine rings is 2. The number of aromatic nitrogens is 2. The van der Waals surface area contributed by atoms with E-state index < -0.39 is 0 Å². The first-order valence-electron chi connectivity index (χ1n) is 9.27. The number of anilines is 1. The number of hydrogen-bond donors (Lipinski definition) is 2. The van der Waals surface area contributed by atoms with Crippen molar-refractivity contribution >= 4 is 11.7 Å². The van der Waals surface area contributed by atoms with Gasteiger partial charge in [0.15, 0.2) is 5.69 Å². The second-order valence-corrected chi connectivity index (χ2v) is 6.39. The Morgan fingerprint density at radius 1 is 0.923 bits per heavy atom. The minimum atomic E-state index is -0.189. The SMILES string of the molecule is O=C(NCCN1CCOCC1)c1ccc(NCCN2CCOCC2)nn1. The van der Waals surface area contributed by atoms with Crippen LogP contribution in [0.2, 0.25) is 0 Å². The third-order valence-corrected chi connectivity index (χ3v) is 4.55. The Morgan fingerprint density at radius 3 is 2.12 bits per heavy atom. The van der Waals surface area contributed by atoms with Crippen molar-refractivity contribution < 1.29 is 14.3 Å². The van der Waals surface area contributed by atoms with E-state index in [2.05, 4.69) is 30.6 Å². The molecule has 0 unspecified atom stereocenters. The van der Waals surface area contributed by atoms with E-state index in [0.29, 0.717) is 18.1 Å². The monoisotopic (exact) mass is 364 g/mol. The van der Waals surface area contributed by atoms with Crippen LogP contribution >= 0.6 is 0 Å². The molecule has 2 saturated heterocycles. The van der Waals surface area contributed by atoms with E-state index in [0.717, 1.165) is 72.2 Å². The molecule has 2 aliphatic heterocycles. The van der Waals surface area contributed by atoms with E-state index in [1.165, 1.54) is 0 Å². The van der Waals surface area contributed by atoms with Crippen molar-refractivity contribution in [3.63, 3.8) is 0 Å². The lowest BCUT2D eigenvalue weighted by atomic mass is 10.3. The summed E-state index contributed by atoms with van der Waals surface area (Å²) in [5.74, 6) is 0.494. The third kappa shape index (κ3) is 6.17. The highest BCUT2D eigenvalue weighted by Gasteiger charge is 2.12. The van der Waals surface area contributed by atoms with Gasteiger partial charge >= 0.3 is 0 Å². The Bertz CT molecular complexity index is 544. The van der Waals surface area contributed by atoms with E-state index in [9.17, 15) is 4.79 Å². The van der Waals surface area contributed by atoms with Gasteiger partial charge in [0.25, 0.3) is 5.91 Å². The molecule has 2 aliphatic rings. The lowest BCUT2D eigenvalue weighted by Gasteiger charge is -2.26. The maximum absolute atomic E-state index is 12.1. The molecule has 0 atom stereocenters. The summed E-state index contributed by atoms with van der Waals surface area (Å²) >= 11 is 0. The summed E-state index contributed by atoms with van der Waals surface area (Å²) in [7, 11) is 0. The van der Waals surface area contributed by atoms with Gasteiger partial charge in [-0.05, 0) is 12.1 Å². The van der Waals surface area contributed by atoms with Crippen LogP contribution < -0.4 is 10.6 Å². The van der Waals surface area contributed by atoms with E-state index in [-0.39, 0.29) is 5.91 Å². The highest BCUT2D eigenvalue weighted by molar-refractivity contribution is 5.92. The molecule has 0 radical (unpaired) electrons. The number of carbonyl (C=O) groups excluding carboxylic acids is 1. The van der Waals surface area contributed by atoms with Crippen molar-refractivity contribution in [2.24, 2.45) is 0 Å². The third-order valence-electron chi connectivity index (χ3n) is 4.55. The molecule has 144 valence electrons. The summed E-state index contributed by atoms with van der Waals surface area (Å²) in [6.45, 7) is 10.1. The van der Waals surface area contributed by atoms with Crippen molar-refractivity contribution in [3.8, 4) is 0 Å². The minimum Gasteiger partial charge on any atom is -0.379 e. The van der Waals surface area contributed by atoms with Crippen molar-refractivity contribution in [1.29, 1.82) is 0 Å². The second-order valence-electron chi connectivity index (χ2n) is 6.39. The molecule has 1 aromatic rings. The molecule has 1 amide bonds. The van der Waals surface area contributed by atoms with Crippen LogP contribution in [0.25, 0.3) is 0 Å². The van der Waals surface area contributed by atoms with Gasteiger partial charge in [0.05, 0.1) is 26.4 Å². The average molecular weight is 364 g/mol. The molecular weight excluding hydrogens is 336 g/mol. The van der Waals surface area contributed by atoms with Crippen molar-refractivity contribution in [2.45, 2.75) is 0 Å². The molecular formula is C17H28N6O3. The van der Waals surface area contributed by atoms with E-state index >= 15 is 0 Å². The van der Waals surface area contributed by atoms with Crippen LogP contribution in [0.3, 0.4) is 0 Å². The lowest BCUT2D eigenvalue weighted by Crippen LogP contribution is -2.41. The zero-order valence-electron chi connectivity index (χ0n) is 15.2. The molecule has 0 bridgehead atoms. The van der Waals surface area contributed by atoms with Gasteiger partial charge in [-0.1, -0.05) is 0 Å². The second kappa shape index (κ2) is 10.4. The molecule has 26 heavy (non-hydrogen) atoms. The number of carbonyl (C=O) groups is 1. The van der Waals surface area contributed by atoms with Gasteiger partial charge in [0, 0.05) is 52.4 Å². The smallest absolute Gasteiger partial charge is 0.271 e. The molecule has 3 rings (SSSR count). The lowest BCUT2D eigenvalue weighted by molar-refractivity contribution is 0.0383. The Morgan fingerprint density at radius 2 is 1.54 bits per heavy atom. The van der Waals surface area contributed by atoms with Crippen LogP contribution in [0.1, 0.15) is 10.5 Å². The summed E-state index contributed by atoms with van der Waals surface area (Å²) in [6.07, 6.45) is 0. The van der Waals surface area contributed by atoms with Crippen molar-refractivity contribution in [2.75, 3.05) is 84.1 Å². The van der Waals surface area contributed by atoms with Crippen LogP contribution in [0, 0.1) is 0 Å². The van der Waals surface area contributed by atoms with Crippen LogP contribution in [0.4, 0.5) is 5.82 Å². The fourth-order valence-electron chi connectivity index (χ4n) is 2.96. The van der Waals surface area contributed by atoms with Gasteiger partial charge in [0.1, 0.15) is 5.82 Å². The standard InChI is InChI=1S/C17H28N6O3/c24-17(19-4-6-23-9-13-26-14-10-23)15-1-2-16(21-20-15)18-3-5-22-7-11-25-12-8-22/h1-2H,3-14H2,(H,18,21)(H,19,24). The molecule has 0 saturated carbocycles. The summed E-state index contributed by atoms with van der Waals surface area (Å²) in [5, 5.41) is 14.2. The first-order valence-corrected chi connectivity index (χ1v) is 9.27. The number of nitrogens with zero attached hydrogens (tertiary/aromatic N) is 4. The molecule has 2 fully saturated rings. The van der Waals surface area contributed by atoms with E-state index in [1.54, 1.807) is 12.1 Å². The first-order chi connectivity index (χ1) is 12.8. The number of amides is 1. The minimum absolute atomic E-state index is 0.189. The Balaban J connectivity index is 1.34. The van der Waals surface area contributed by atoms with Gasteiger partial charge in [-0.25, -0.2) is 0 Å². The number of hydrogen-bond acceptors (Lipinski definition) is 8. The van der Waals surface area contributed by atoms with Gasteiger partial charge < -0.3 is 20.1 Å². The molecule has 9 heteroatoms. The summed E-state index contributed by atoms with van der Waals surface area (Å²) in [5.41, 5.74) is 0.339. The zero-order chi connectivity index (χ0) is 18.0. The van der Waals surface area contributed by atoms with Crippen molar-refractivity contribution in [3.05, 3.63) is 17.8 Å². The Kier molecular flexibility index (Phi) is 7.56. The quantitative estimate of drug-likeness (QED) is 0.625. The van der Waals surface area contributed by atoms with E-state index in [1.807, 2.05) is 0 Å². The molecule has 3 heterocycles. The molecule has 0 aliphatic carbocycles. The fourth-order valence-corrected chi connectivity index (χ4v) is 2.96. The molecule has 9 nitrogen and oxygen atoms in total. The molecule has 2 N–H and O–H groups in total. The molecule has 0 aromatic carbocycles. The van der Waals surface area contributed by atoms with Crippen LogP contribution in [0.15, 0.2) is 12.1 Å². The normalized spacial score (nSPS) is 19.2. The summed E-state index contributed by atoms with van der Waals surface area (Å²) in [6, 6.07) is 3.50. The van der Waals surface area contributed by atoms with Crippen molar-refractivity contribution in [1.82, 2.24) is 25.3 Å². The maximum Gasteiger partial charge on any atom is 0.271 e. The Hall–Kier alpha value is -1.81. The Labute approximate surface area is 154 Å². The first kappa shape index (κ1) is 19.0. The summed E-state index contributed by atoms with van der Waals surface area (Å²) in [4.78, 5) is 16.7. The van der Waals surface area contributed by atoms with Gasteiger partial charge in [-0.3, -0.25) is 14.6 Å². The van der Waals surface area contributed by atoms with Crippen LogP contribution in [0.5, 0.6) is 0 Å². The molecule has 1 aromatic heterocycles. The fraction of sp³-hybridized carbons (Fsp3) is 0.706. The molecule has 0 spiro atoms. The van der Waals surface area contributed by atoms with Gasteiger partial charge in [0.2, 0.25) is 0 Å². The number of ether oxygens (including phenoxy) is 2. The van der Waals surface area contributed by atoms with Gasteiger partial charge in [-0.15, -0.1) is 10.2 Å². The topological polar surface area (TPSA) is 91.9 Å². The van der Waals surface area contributed by atoms with Crippen LogP contribution in [-0.2, 0) is 9.47 Å². The largest absolute Gasteiger partial charge is 0.379 e. The highest BCUT2D eigenvalue weighted by Crippen LogP contribution is 2.03. The van der Waals surface area contributed by atoms with E-state index in [4.69, 9.17) is 9.47 Å². The number of rotatable bonds is 8. The zero-order valence-corrected chi connectivity index (χ0v) is 15.2. The predicted molar refractivity (Wildman–Crippen MR) is 97.4 cm³/mol. The van der Waals surface area contributed by atoms with Gasteiger partial charge in [-0.2, -0.15) is 0 Å².